The third kappa shape index (κ3) is 5.92. The van der Waals surface area contributed by atoms with E-state index in [-0.39, 0.29) is 18.6 Å². The molecule has 0 radical (unpaired) electrons. The van der Waals surface area contributed by atoms with Gasteiger partial charge in [0.2, 0.25) is 0 Å². The highest BCUT2D eigenvalue weighted by molar-refractivity contribution is 5.91. The first-order valence-corrected chi connectivity index (χ1v) is 8.64. The van der Waals surface area contributed by atoms with Crippen LogP contribution >= 0.6 is 0 Å². The number of carbonyl (C=O) groups is 2. The molecule has 0 unspecified atom stereocenters. The number of hydrogen-bond acceptors (Lipinski definition) is 4. The number of benzene rings is 2. The molecule has 5 heteroatoms. The van der Waals surface area contributed by atoms with Gasteiger partial charge in [0.1, 0.15) is 5.75 Å². The van der Waals surface area contributed by atoms with Crippen molar-refractivity contribution in [1.29, 1.82) is 0 Å². The van der Waals surface area contributed by atoms with Gasteiger partial charge in [-0.15, -0.1) is 0 Å². The summed E-state index contributed by atoms with van der Waals surface area (Å²) < 4.78 is 10.3. The Kier molecular flexibility index (Phi) is 7.21. The van der Waals surface area contributed by atoms with Gasteiger partial charge < -0.3 is 14.8 Å². The monoisotopic (exact) mass is 355 g/mol. The van der Waals surface area contributed by atoms with Crippen molar-refractivity contribution < 1.29 is 19.1 Å². The Bertz CT molecular complexity index is 743. The van der Waals surface area contributed by atoms with E-state index in [1.807, 2.05) is 32.0 Å². The molecule has 0 bridgehead atoms. The van der Waals surface area contributed by atoms with Crippen molar-refractivity contribution in [1.82, 2.24) is 5.32 Å². The molecule has 1 atom stereocenters. The maximum absolute atomic E-state index is 12.1. The van der Waals surface area contributed by atoms with Crippen LogP contribution in [0.4, 0.5) is 0 Å². The second-order valence-corrected chi connectivity index (χ2v) is 6.25. The number of aryl methyl sites for hydroxylation is 2. The first-order chi connectivity index (χ1) is 12.5. The average molecular weight is 355 g/mol. The van der Waals surface area contributed by atoms with Crippen LogP contribution in [-0.4, -0.2) is 31.6 Å². The lowest BCUT2D eigenvalue weighted by atomic mass is 10.1. The summed E-state index contributed by atoms with van der Waals surface area (Å²) >= 11 is 0. The minimum atomic E-state index is -0.546. The SMILES string of the molecule is COc1cc(C(=O)OCC(=O)N[C@@H](C)CCc2ccccc2)ccc1C. The molecular formula is C21H25NO4. The van der Waals surface area contributed by atoms with E-state index < -0.39 is 5.97 Å². The van der Waals surface area contributed by atoms with Crippen LogP contribution < -0.4 is 10.1 Å². The number of amides is 1. The van der Waals surface area contributed by atoms with Gasteiger partial charge in [0.05, 0.1) is 12.7 Å². The lowest BCUT2D eigenvalue weighted by Crippen LogP contribution is -2.36. The zero-order valence-electron chi connectivity index (χ0n) is 15.5. The highest BCUT2D eigenvalue weighted by Gasteiger charge is 2.13. The van der Waals surface area contributed by atoms with Crippen LogP contribution in [0.5, 0.6) is 5.75 Å². The van der Waals surface area contributed by atoms with E-state index in [9.17, 15) is 9.59 Å². The molecule has 2 aromatic rings. The van der Waals surface area contributed by atoms with E-state index in [2.05, 4.69) is 17.4 Å². The number of carbonyl (C=O) groups excluding carboxylic acids is 2. The van der Waals surface area contributed by atoms with Gasteiger partial charge in [-0.25, -0.2) is 4.79 Å². The van der Waals surface area contributed by atoms with Gasteiger partial charge >= 0.3 is 5.97 Å². The van der Waals surface area contributed by atoms with Gasteiger partial charge in [0.25, 0.3) is 5.91 Å². The molecule has 2 aromatic carbocycles. The quantitative estimate of drug-likeness (QED) is 0.738. The molecule has 5 nitrogen and oxygen atoms in total. The van der Waals surface area contributed by atoms with Crippen molar-refractivity contribution in [3.8, 4) is 5.75 Å². The Balaban J connectivity index is 1.76. The Morgan fingerprint density at radius 3 is 2.54 bits per heavy atom. The third-order valence-electron chi connectivity index (χ3n) is 4.09. The van der Waals surface area contributed by atoms with Gasteiger partial charge in [-0.2, -0.15) is 0 Å². The maximum Gasteiger partial charge on any atom is 0.338 e. The van der Waals surface area contributed by atoms with Gasteiger partial charge in [-0.05, 0) is 49.9 Å². The molecule has 0 aliphatic heterocycles. The number of methoxy groups -OCH3 is 1. The van der Waals surface area contributed by atoms with Crippen LogP contribution in [0.3, 0.4) is 0 Å². The van der Waals surface area contributed by atoms with Crippen molar-refractivity contribution >= 4 is 11.9 Å². The van der Waals surface area contributed by atoms with Crippen molar-refractivity contribution in [2.45, 2.75) is 32.7 Å². The second-order valence-electron chi connectivity index (χ2n) is 6.25. The molecular weight excluding hydrogens is 330 g/mol. The molecule has 0 heterocycles. The third-order valence-corrected chi connectivity index (χ3v) is 4.09. The summed E-state index contributed by atoms with van der Waals surface area (Å²) in [5, 5.41) is 2.85. The fourth-order valence-electron chi connectivity index (χ4n) is 2.58. The molecule has 0 aliphatic carbocycles. The highest BCUT2D eigenvalue weighted by atomic mass is 16.5. The summed E-state index contributed by atoms with van der Waals surface area (Å²) in [5.41, 5.74) is 2.51. The van der Waals surface area contributed by atoms with Crippen LogP contribution in [0.1, 0.15) is 34.8 Å². The number of rotatable bonds is 8. The lowest BCUT2D eigenvalue weighted by molar-refractivity contribution is -0.124. The minimum absolute atomic E-state index is 0.000812. The minimum Gasteiger partial charge on any atom is -0.496 e. The molecule has 0 aromatic heterocycles. The zero-order chi connectivity index (χ0) is 18.9. The summed E-state index contributed by atoms with van der Waals surface area (Å²) in [4.78, 5) is 24.0. The Morgan fingerprint density at radius 1 is 1.12 bits per heavy atom. The lowest BCUT2D eigenvalue weighted by Gasteiger charge is -2.14. The fraction of sp³-hybridized carbons (Fsp3) is 0.333. The number of ether oxygens (including phenoxy) is 2. The topological polar surface area (TPSA) is 64.6 Å². The molecule has 1 N–H and O–H groups in total. The van der Waals surface area contributed by atoms with E-state index in [0.717, 1.165) is 18.4 Å². The Hall–Kier alpha value is -2.82. The Labute approximate surface area is 154 Å². The molecule has 138 valence electrons. The van der Waals surface area contributed by atoms with Crippen LogP contribution in [0.25, 0.3) is 0 Å². The summed E-state index contributed by atoms with van der Waals surface area (Å²) in [7, 11) is 1.54. The van der Waals surface area contributed by atoms with Crippen LogP contribution in [0, 0.1) is 6.92 Å². The molecule has 0 spiro atoms. The van der Waals surface area contributed by atoms with Crippen LogP contribution in [0.2, 0.25) is 0 Å². The van der Waals surface area contributed by atoms with Crippen LogP contribution in [0.15, 0.2) is 48.5 Å². The predicted molar refractivity (Wildman–Crippen MR) is 100 cm³/mol. The highest BCUT2D eigenvalue weighted by Crippen LogP contribution is 2.19. The standard InChI is InChI=1S/C21H25NO4/c1-15-9-12-18(13-19(15)25-3)21(24)26-14-20(23)22-16(2)10-11-17-7-5-4-6-8-17/h4-9,12-13,16H,10-11,14H2,1-3H3,(H,22,23)/t16-/m0/s1. The van der Waals surface area contributed by atoms with E-state index in [4.69, 9.17) is 9.47 Å². The van der Waals surface area contributed by atoms with Crippen LogP contribution in [-0.2, 0) is 16.0 Å². The first-order valence-electron chi connectivity index (χ1n) is 8.64. The van der Waals surface area contributed by atoms with Gasteiger partial charge in [-0.1, -0.05) is 36.4 Å². The number of hydrogen-bond donors (Lipinski definition) is 1. The van der Waals surface area contributed by atoms with Gasteiger partial charge in [0.15, 0.2) is 6.61 Å². The summed E-state index contributed by atoms with van der Waals surface area (Å²) in [6.07, 6.45) is 1.70. The molecule has 0 saturated carbocycles. The van der Waals surface area contributed by atoms with Crippen molar-refractivity contribution in [2.75, 3.05) is 13.7 Å². The molecule has 1 amide bonds. The number of esters is 1. The van der Waals surface area contributed by atoms with E-state index in [1.54, 1.807) is 25.3 Å². The molecule has 0 fully saturated rings. The molecule has 26 heavy (non-hydrogen) atoms. The largest absolute Gasteiger partial charge is 0.496 e. The van der Waals surface area contributed by atoms with E-state index >= 15 is 0 Å². The maximum atomic E-state index is 12.1. The molecule has 0 aliphatic rings. The normalized spacial score (nSPS) is 11.5. The molecule has 2 rings (SSSR count). The van der Waals surface area contributed by atoms with Gasteiger partial charge in [-0.3, -0.25) is 4.79 Å². The van der Waals surface area contributed by atoms with Crippen molar-refractivity contribution in [3.63, 3.8) is 0 Å². The van der Waals surface area contributed by atoms with E-state index in [0.29, 0.717) is 11.3 Å². The van der Waals surface area contributed by atoms with E-state index in [1.165, 1.54) is 5.56 Å². The number of nitrogens with one attached hydrogen (secondary N) is 1. The van der Waals surface area contributed by atoms with Gasteiger partial charge in [0, 0.05) is 6.04 Å². The van der Waals surface area contributed by atoms with Crippen molar-refractivity contribution in [3.05, 3.63) is 65.2 Å². The zero-order valence-corrected chi connectivity index (χ0v) is 15.5. The second kappa shape index (κ2) is 9.61. The summed E-state index contributed by atoms with van der Waals surface area (Å²) in [5.74, 6) is -0.244. The smallest absolute Gasteiger partial charge is 0.338 e. The van der Waals surface area contributed by atoms with Crippen molar-refractivity contribution in [2.24, 2.45) is 0 Å². The average Bonchev–Trinajstić information content (AvgIpc) is 2.65. The predicted octanol–water partition coefficient (Wildman–Crippen LogP) is 3.30. The summed E-state index contributed by atoms with van der Waals surface area (Å²) in [6, 6.07) is 15.1. The Morgan fingerprint density at radius 2 is 1.85 bits per heavy atom. The molecule has 0 saturated heterocycles. The summed E-state index contributed by atoms with van der Waals surface area (Å²) in [6.45, 7) is 3.52. The first kappa shape index (κ1) is 19.5. The fourth-order valence-corrected chi connectivity index (χ4v) is 2.58.